The van der Waals surface area contributed by atoms with Crippen molar-refractivity contribution in [1.29, 1.82) is 10.8 Å². The molecule has 0 heterocycles. The molecule has 6 heteroatoms. The van der Waals surface area contributed by atoms with Crippen molar-refractivity contribution >= 4 is 28.5 Å². The molecule has 140 valence electrons. The number of likely N-dealkylation sites (N-methyl/N-ethyl adjacent to an activating group) is 1. The third kappa shape index (κ3) is 5.26. The molecule has 1 aromatic carbocycles. The predicted octanol–water partition coefficient (Wildman–Crippen LogP) is 3.72. The number of rotatable bonds is 9. The molecular formula is C20H28N4O2. The Kier molecular flexibility index (Phi) is 7.53. The van der Waals surface area contributed by atoms with Crippen LogP contribution in [0.3, 0.4) is 0 Å². The molecule has 1 aliphatic carbocycles. The number of ether oxygens (including phenoxy) is 1. The third-order valence-electron chi connectivity index (χ3n) is 4.20. The van der Waals surface area contributed by atoms with Gasteiger partial charge in [0.15, 0.2) is 0 Å². The summed E-state index contributed by atoms with van der Waals surface area (Å²) in [5, 5.41) is 25.2. The minimum atomic E-state index is 0.118. The maximum absolute atomic E-state index is 9.13. The molecule has 0 saturated carbocycles. The van der Waals surface area contributed by atoms with Gasteiger partial charge in [-0.05, 0) is 37.6 Å². The van der Waals surface area contributed by atoms with Crippen LogP contribution in [0.5, 0.6) is 0 Å². The van der Waals surface area contributed by atoms with E-state index >= 15 is 0 Å². The van der Waals surface area contributed by atoms with Crippen LogP contribution in [0.15, 0.2) is 41.1 Å². The summed E-state index contributed by atoms with van der Waals surface area (Å²) in [7, 11) is 0. The molecule has 0 atom stereocenters. The Morgan fingerprint density at radius 2 is 1.88 bits per heavy atom. The minimum Gasteiger partial charge on any atom is -0.492 e. The highest BCUT2D eigenvalue weighted by molar-refractivity contribution is 6.51. The second-order valence-corrected chi connectivity index (χ2v) is 6.16. The summed E-state index contributed by atoms with van der Waals surface area (Å²) in [6, 6.07) is 7.74. The van der Waals surface area contributed by atoms with Crippen molar-refractivity contribution in [2.24, 2.45) is 4.99 Å². The van der Waals surface area contributed by atoms with Gasteiger partial charge < -0.3 is 25.6 Å². The molecule has 0 unspecified atom stereocenters. The maximum atomic E-state index is 9.13. The molecule has 26 heavy (non-hydrogen) atoms. The van der Waals surface area contributed by atoms with Crippen LogP contribution in [0.1, 0.15) is 33.1 Å². The van der Waals surface area contributed by atoms with Crippen molar-refractivity contribution < 1.29 is 9.84 Å². The van der Waals surface area contributed by atoms with Gasteiger partial charge in [0.1, 0.15) is 5.76 Å². The fourth-order valence-electron chi connectivity index (χ4n) is 2.68. The van der Waals surface area contributed by atoms with E-state index in [2.05, 4.69) is 16.8 Å². The summed E-state index contributed by atoms with van der Waals surface area (Å²) in [6.07, 6.45) is 3.92. The zero-order valence-corrected chi connectivity index (χ0v) is 15.6. The first-order chi connectivity index (χ1) is 12.6. The molecule has 1 aromatic rings. The molecular weight excluding hydrogens is 328 g/mol. The first kappa shape index (κ1) is 19.8. The van der Waals surface area contributed by atoms with Crippen molar-refractivity contribution in [2.75, 3.05) is 31.2 Å². The number of hydrogen-bond donors (Lipinski definition) is 3. The Balaban J connectivity index is 2.18. The second-order valence-electron chi connectivity index (χ2n) is 6.16. The van der Waals surface area contributed by atoms with E-state index in [9.17, 15) is 0 Å². The number of benzene rings is 1. The van der Waals surface area contributed by atoms with Gasteiger partial charge in [-0.1, -0.05) is 13.3 Å². The zero-order chi connectivity index (χ0) is 18.9. The van der Waals surface area contributed by atoms with Crippen molar-refractivity contribution in [3.8, 4) is 0 Å². The average Bonchev–Trinajstić information content (AvgIpc) is 2.64. The van der Waals surface area contributed by atoms with Crippen LogP contribution < -0.4 is 4.90 Å². The quantitative estimate of drug-likeness (QED) is 0.589. The van der Waals surface area contributed by atoms with E-state index < -0.39 is 0 Å². The molecule has 0 bridgehead atoms. The second kappa shape index (κ2) is 9.87. The SMILES string of the molecule is CCCCOC1=CC(=Nc2ccc(N(CC)CCO)cc2)C(=N)CC1=N. The van der Waals surface area contributed by atoms with E-state index in [4.69, 9.17) is 20.7 Å². The summed E-state index contributed by atoms with van der Waals surface area (Å²) < 4.78 is 5.67. The lowest BCUT2D eigenvalue weighted by Crippen LogP contribution is -2.26. The fraction of sp³-hybridized carbons (Fsp3) is 0.450. The van der Waals surface area contributed by atoms with Crippen LogP contribution in [0.25, 0.3) is 0 Å². The third-order valence-corrected chi connectivity index (χ3v) is 4.20. The molecule has 0 saturated heterocycles. The molecule has 0 radical (unpaired) electrons. The number of nitrogens with zero attached hydrogens (tertiary/aromatic N) is 2. The highest BCUT2D eigenvalue weighted by atomic mass is 16.5. The number of aliphatic imine (C=N–C) groups is 1. The largest absolute Gasteiger partial charge is 0.492 e. The number of anilines is 1. The van der Waals surface area contributed by atoms with Crippen LogP contribution >= 0.6 is 0 Å². The highest BCUT2D eigenvalue weighted by Gasteiger charge is 2.20. The van der Waals surface area contributed by atoms with Crippen molar-refractivity contribution in [3.05, 3.63) is 36.1 Å². The fourth-order valence-corrected chi connectivity index (χ4v) is 2.68. The van der Waals surface area contributed by atoms with Gasteiger partial charge >= 0.3 is 0 Å². The molecule has 0 aliphatic heterocycles. The van der Waals surface area contributed by atoms with E-state index in [0.717, 1.165) is 30.8 Å². The summed E-state index contributed by atoms with van der Waals surface area (Å²) in [4.78, 5) is 6.64. The lowest BCUT2D eigenvalue weighted by Gasteiger charge is -2.22. The first-order valence-electron chi connectivity index (χ1n) is 9.13. The van der Waals surface area contributed by atoms with Crippen LogP contribution in [0, 0.1) is 10.8 Å². The molecule has 3 N–H and O–H groups in total. The van der Waals surface area contributed by atoms with E-state index in [0.29, 0.717) is 36.0 Å². The van der Waals surface area contributed by atoms with E-state index in [1.807, 2.05) is 31.2 Å². The summed E-state index contributed by atoms with van der Waals surface area (Å²) in [5.41, 5.74) is 3.00. The Morgan fingerprint density at radius 3 is 2.50 bits per heavy atom. The molecule has 0 spiro atoms. The Hall–Kier alpha value is -2.47. The molecule has 0 amide bonds. The number of nitrogens with one attached hydrogen (secondary N) is 2. The first-order valence-corrected chi connectivity index (χ1v) is 9.13. The average molecular weight is 356 g/mol. The number of unbranched alkanes of at least 4 members (excludes halogenated alkanes) is 1. The van der Waals surface area contributed by atoms with E-state index in [1.54, 1.807) is 6.08 Å². The molecule has 0 fully saturated rings. The Bertz CT molecular complexity index is 692. The molecule has 6 nitrogen and oxygen atoms in total. The number of hydrogen-bond acceptors (Lipinski definition) is 6. The van der Waals surface area contributed by atoms with Crippen molar-refractivity contribution in [1.82, 2.24) is 0 Å². The van der Waals surface area contributed by atoms with Gasteiger partial charge in [-0.3, -0.25) is 0 Å². The topological polar surface area (TPSA) is 92.8 Å². The molecule has 1 aliphatic rings. The number of allylic oxidation sites excluding steroid dienone is 2. The van der Waals surface area contributed by atoms with Crippen molar-refractivity contribution in [3.63, 3.8) is 0 Å². The predicted molar refractivity (Wildman–Crippen MR) is 108 cm³/mol. The standard InChI is InChI=1S/C20H28N4O2/c1-3-5-12-26-20-14-19(17(21)13-18(20)22)23-15-6-8-16(9-7-15)24(4-2)10-11-25/h6-9,14,21-22,25H,3-5,10-13H2,1-2H3. The smallest absolute Gasteiger partial charge is 0.142 e. The molecule has 0 aromatic heterocycles. The number of aliphatic hydroxyl groups excluding tert-OH is 1. The highest BCUT2D eigenvalue weighted by Crippen LogP contribution is 2.22. The van der Waals surface area contributed by atoms with E-state index in [1.165, 1.54) is 0 Å². The van der Waals surface area contributed by atoms with Gasteiger partial charge in [0.2, 0.25) is 0 Å². The monoisotopic (exact) mass is 356 g/mol. The maximum Gasteiger partial charge on any atom is 0.142 e. The summed E-state index contributed by atoms with van der Waals surface area (Å²) in [6.45, 7) is 6.26. The van der Waals surface area contributed by atoms with Gasteiger partial charge in [0.25, 0.3) is 0 Å². The van der Waals surface area contributed by atoms with Crippen LogP contribution in [-0.2, 0) is 4.74 Å². The summed E-state index contributed by atoms with van der Waals surface area (Å²) in [5.74, 6) is 0.518. The summed E-state index contributed by atoms with van der Waals surface area (Å²) >= 11 is 0. The zero-order valence-electron chi connectivity index (χ0n) is 15.6. The van der Waals surface area contributed by atoms with Gasteiger partial charge in [-0.25, -0.2) is 4.99 Å². The number of aliphatic hydroxyl groups is 1. The normalized spacial score (nSPS) is 16.0. The Morgan fingerprint density at radius 1 is 1.15 bits per heavy atom. The molecule has 2 rings (SSSR count). The van der Waals surface area contributed by atoms with Gasteiger partial charge in [0.05, 0.1) is 36.0 Å². The van der Waals surface area contributed by atoms with Crippen molar-refractivity contribution in [2.45, 2.75) is 33.1 Å². The van der Waals surface area contributed by atoms with Crippen LogP contribution in [0.2, 0.25) is 0 Å². The van der Waals surface area contributed by atoms with E-state index in [-0.39, 0.29) is 13.0 Å². The minimum absolute atomic E-state index is 0.118. The lowest BCUT2D eigenvalue weighted by atomic mass is 9.99. The van der Waals surface area contributed by atoms with Crippen LogP contribution in [0.4, 0.5) is 11.4 Å². The van der Waals surface area contributed by atoms with Gasteiger partial charge in [-0.2, -0.15) is 0 Å². The van der Waals surface area contributed by atoms with Gasteiger partial charge in [-0.15, -0.1) is 0 Å². The Labute approximate surface area is 155 Å². The lowest BCUT2D eigenvalue weighted by molar-refractivity contribution is 0.225. The van der Waals surface area contributed by atoms with Gasteiger partial charge in [0, 0.05) is 31.3 Å². The van der Waals surface area contributed by atoms with Crippen LogP contribution in [-0.4, -0.2) is 48.5 Å².